The van der Waals surface area contributed by atoms with Crippen molar-refractivity contribution in [1.82, 2.24) is 15.1 Å². The molecular formula is C20H27N5O4. The number of nitrogens with two attached hydrogens (primary N) is 1. The van der Waals surface area contributed by atoms with E-state index in [9.17, 15) is 19.2 Å². The van der Waals surface area contributed by atoms with E-state index < -0.39 is 6.04 Å². The van der Waals surface area contributed by atoms with Gasteiger partial charge in [0.05, 0.1) is 13.0 Å². The summed E-state index contributed by atoms with van der Waals surface area (Å²) in [5, 5.41) is 5.49. The third-order valence-electron chi connectivity index (χ3n) is 5.44. The Morgan fingerprint density at radius 2 is 1.79 bits per heavy atom. The molecule has 0 aliphatic carbocycles. The number of amides is 4. The van der Waals surface area contributed by atoms with Crippen LogP contribution in [0.25, 0.3) is 0 Å². The molecule has 4 amide bonds. The molecule has 1 aromatic rings. The van der Waals surface area contributed by atoms with Gasteiger partial charge >= 0.3 is 0 Å². The van der Waals surface area contributed by atoms with Gasteiger partial charge in [0.25, 0.3) is 0 Å². The molecule has 2 saturated heterocycles. The van der Waals surface area contributed by atoms with Crippen molar-refractivity contribution in [3.63, 3.8) is 0 Å². The third kappa shape index (κ3) is 5.54. The van der Waals surface area contributed by atoms with Gasteiger partial charge in [0, 0.05) is 24.7 Å². The molecule has 2 fully saturated rings. The van der Waals surface area contributed by atoms with Gasteiger partial charge in [-0.05, 0) is 38.1 Å². The molecule has 2 heterocycles. The first-order valence-electron chi connectivity index (χ1n) is 9.88. The standard InChI is InChI=1S/C20H27N5O4/c21-19(28)14-6-9-24(10-7-14)13-18(27)25-11-8-22-20(29)16(25)12-17(26)23-15-4-2-1-3-5-15/h1-5,14,16H,6-13H2,(H2,21,28)(H,22,29)(H,23,26)/t16-/m0/s1. The molecule has 9 nitrogen and oxygen atoms in total. The van der Waals surface area contributed by atoms with Crippen molar-refractivity contribution in [2.75, 3.05) is 38.0 Å². The Morgan fingerprint density at radius 3 is 2.45 bits per heavy atom. The number of anilines is 1. The van der Waals surface area contributed by atoms with Crippen molar-refractivity contribution >= 4 is 29.3 Å². The molecule has 0 unspecified atom stereocenters. The fraction of sp³-hybridized carbons (Fsp3) is 0.500. The van der Waals surface area contributed by atoms with Gasteiger partial charge in [-0.15, -0.1) is 0 Å². The van der Waals surface area contributed by atoms with E-state index in [1.165, 1.54) is 4.90 Å². The molecule has 2 aliphatic heterocycles. The summed E-state index contributed by atoms with van der Waals surface area (Å²) >= 11 is 0. The summed E-state index contributed by atoms with van der Waals surface area (Å²) < 4.78 is 0. The van der Waals surface area contributed by atoms with Crippen LogP contribution in [0.5, 0.6) is 0 Å². The molecule has 0 spiro atoms. The predicted octanol–water partition coefficient (Wildman–Crippen LogP) is -0.460. The molecule has 0 radical (unpaired) electrons. The van der Waals surface area contributed by atoms with Crippen molar-refractivity contribution in [2.24, 2.45) is 11.7 Å². The van der Waals surface area contributed by atoms with Crippen molar-refractivity contribution in [3.8, 4) is 0 Å². The van der Waals surface area contributed by atoms with Gasteiger partial charge < -0.3 is 21.3 Å². The molecular weight excluding hydrogens is 374 g/mol. The summed E-state index contributed by atoms with van der Waals surface area (Å²) in [6.45, 7) is 2.11. The van der Waals surface area contributed by atoms with Gasteiger partial charge in [-0.3, -0.25) is 24.1 Å². The Kier molecular flexibility index (Phi) is 6.82. The smallest absolute Gasteiger partial charge is 0.243 e. The zero-order valence-electron chi connectivity index (χ0n) is 16.3. The van der Waals surface area contributed by atoms with Crippen LogP contribution in [0.4, 0.5) is 5.69 Å². The first-order chi connectivity index (χ1) is 13.9. The monoisotopic (exact) mass is 401 g/mol. The molecule has 0 aromatic heterocycles. The Morgan fingerprint density at radius 1 is 1.10 bits per heavy atom. The lowest BCUT2D eigenvalue weighted by Gasteiger charge is -2.37. The predicted molar refractivity (Wildman–Crippen MR) is 107 cm³/mol. The second-order valence-corrected chi connectivity index (χ2v) is 7.47. The van der Waals surface area contributed by atoms with E-state index in [1.54, 1.807) is 24.3 Å². The molecule has 1 atom stereocenters. The average Bonchev–Trinajstić information content (AvgIpc) is 2.70. The van der Waals surface area contributed by atoms with Crippen molar-refractivity contribution in [3.05, 3.63) is 30.3 Å². The van der Waals surface area contributed by atoms with Gasteiger partial charge in [-0.1, -0.05) is 18.2 Å². The highest BCUT2D eigenvalue weighted by atomic mass is 16.2. The van der Waals surface area contributed by atoms with Crippen molar-refractivity contribution < 1.29 is 19.2 Å². The van der Waals surface area contributed by atoms with E-state index in [0.717, 1.165) is 0 Å². The van der Waals surface area contributed by atoms with E-state index in [-0.39, 0.29) is 42.5 Å². The zero-order valence-corrected chi connectivity index (χ0v) is 16.3. The van der Waals surface area contributed by atoms with E-state index in [0.29, 0.717) is 44.7 Å². The minimum atomic E-state index is -0.830. The molecule has 0 saturated carbocycles. The number of nitrogens with one attached hydrogen (secondary N) is 2. The van der Waals surface area contributed by atoms with Crippen LogP contribution in [-0.4, -0.2) is 72.2 Å². The maximum atomic E-state index is 12.9. The average molecular weight is 401 g/mol. The van der Waals surface area contributed by atoms with E-state index in [1.807, 2.05) is 11.0 Å². The summed E-state index contributed by atoms with van der Waals surface area (Å²) in [7, 11) is 0. The molecule has 0 bridgehead atoms. The minimum Gasteiger partial charge on any atom is -0.369 e. The van der Waals surface area contributed by atoms with Crippen LogP contribution in [0, 0.1) is 5.92 Å². The third-order valence-corrected chi connectivity index (χ3v) is 5.44. The van der Waals surface area contributed by atoms with Crippen molar-refractivity contribution in [1.29, 1.82) is 0 Å². The van der Waals surface area contributed by atoms with Crippen LogP contribution in [0.3, 0.4) is 0 Å². The quantitative estimate of drug-likeness (QED) is 0.595. The number of para-hydroxylation sites is 1. The van der Waals surface area contributed by atoms with Crippen LogP contribution < -0.4 is 16.4 Å². The molecule has 156 valence electrons. The molecule has 29 heavy (non-hydrogen) atoms. The number of carbonyl (C=O) groups excluding carboxylic acids is 4. The number of rotatable bonds is 6. The molecule has 1 aromatic carbocycles. The molecule has 3 rings (SSSR count). The molecule has 2 aliphatic rings. The summed E-state index contributed by atoms with van der Waals surface area (Å²) in [6.07, 6.45) is 1.16. The number of nitrogens with zero attached hydrogens (tertiary/aromatic N) is 2. The summed E-state index contributed by atoms with van der Waals surface area (Å²) in [5.41, 5.74) is 5.99. The van der Waals surface area contributed by atoms with Gasteiger partial charge in [-0.25, -0.2) is 0 Å². The first-order valence-corrected chi connectivity index (χ1v) is 9.88. The zero-order chi connectivity index (χ0) is 20.8. The summed E-state index contributed by atoms with van der Waals surface area (Å²) in [4.78, 5) is 52.4. The van der Waals surface area contributed by atoms with E-state index >= 15 is 0 Å². The first kappa shape index (κ1) is 20.8. The van der Waals surface area contributed by atoms with Crippen LogP contribution in [-0.2, 0) is 19.2 Å². The highest BCUT2D eigenvalue weighted by Crippen LogP contribution is 2.18. The number of primary amides is 1. The van der Waals surface area contributed by atoms with Crippen molar-refractivity contribution in [2.45, 2.75) is 25.3 Å². The second kappa shape index (κ2) is 9.51. The normalized spacial score (nSPS) is 20.8. The topological polar surface area (TPSA) is 125 Å². The Balaban J connectivity index is 1.57. The molecule has 4 N–H and O–H groups in total. The maximum absolute atomic E-state index is 12.9. The largest absolute Gasteiger partial charge is 0.369 e. The van der Waals surface area contributed by atoms with Crippen LogP contribution in [0.1, 0.15) is 19.3 Å². The number of likely N-dealkylation sites (tertiary alicyclic amines) is 1. The number of hydrogen-bond acceptors (Lipinski definition) is 5. The number of carbonyl (C=O) groups is 4. The molecule has 9 heteroatoms. The van der Waals surface area contributed by atoms with Gasteiger partial charge in [-0.2, -0.15) is 0 Å². The lowest BCUT2D eigenvalue weighted by Crippen LogP contribution is -2.59. The Bertz CT molecular complexity index is 761. The van der Waals surface area contributed by atoms with Gasteiger partial charge in [0.15, 0.2) is 0 Å². The van der Waals surface area contributed by atoms with Gasteiger partial charge in [0.1, 0.15) is 6.04 Å². The number of piperazine rings is 1. The fourth-order valence-electron chi connectivity index (χ4n) is 3.78. The maximum Gasteiger partial charge on any atom is 0.243 e. The highest BCUT2D eigenvalue weighted by molar-refractivity contribution is 5.97. The lowest BCUT2D eigenvalue weighted by molar-refractivity contribution is -0.145. The SMILES string of the molecule is NC(=O)C1CCN(CC(=O)N2CCNC(=O)[C@@H]2CC(=O)Nc2ccccc2)CC1. The van der Waals surface area contributed by atoms with Crippen LogP contribution in [0.15, 0.2) is 30.3 Å². The summed E-state index contributed by atoms with van der Waals surface area (Å²) in [6, 6.07) is 8.15. The van der Waals surface area contributed by atoms with Crippen LogP contribution in [0.2, 0.25) is 0 Å². The Hall–Kier alpha value is -2.94. The number of piperidine rings is 1. The van der Waals surface area contributed by atoms with E-state index in [4.69, 9.17) is 5.73 Å². The minimum absolute atomic E-state index is 0.101. The van der Waals surface area contributed by atoms with E-state index in [2.05, 4.69) is 10.6 Å². The van der Waals surface area contributed by atoms with Crippen LogP contribution >= 0.6 is 0 Å². The number of hydrogen-bond donors (Lipinski definition) is 3. The Labute approximate surface area is 169 Å². The van der Waals surface area contributed by atoms with Gasteiger partial charge in [0.2, 0.25) is 23.6 Å². The lowest BCUT2D eigenvalue weighted by atomic mass is 9.96. The fourth-order valence-corrected chi connectivity index (χ4v) is 3.78. The second-order valence-electron chi connectivity index (χ2n) is 7.47. The summed E-state index contributed by atoms with van der Waals surface area (Å²) in [5.74, 6) is -1.27. The highest BCUT2D eigenvalue weighted by Gasteiger charge is 2.35. The number of benzene rings is 1.